The number of carbonyl (C=O) groups is 1. The highest BCUT2D eigenvalue weighted by Crippen LogP contribution is 2.10. The molecule has 98 valence electrons. The molecule has 0 bridgehead atoms. The third kappa shape index (κ3) is 4.34. The van der Waals surface area contributed by atoms with Gasteiger partial charge in [-0.2, -0.15) is 0 Å². The van der Waals surface area contributed by atoms with Crippen LogP contribution in [0.1, 0.15) is 31.9 Å². The topological polar surface area (TPSA) is 49.3 Å². The van der Waals surface area contributed by atoms with E-state index in [9.17, 15) is 4.79 Å². The molecule has 0 spiro atoms. The van der Waals surface area contributed by atoms with E-state index in [4.69, 9.17) is 5.11 Å². The number of amides is 1. The molecule has 0 atom stereocenters. The Morgan fingerprint density at radius 3 is 2.39 bits per heavy atom. The summed E-state index contributed by atoms with van der Waals surface area (Å²) >= 11 is 0. The van der Waals surface area contributed by atoms with Gasteiger partial charge in [0.05, 0.1) is 12.1 Å². The summed E-state index contributed by atoms with van der Waals surface area (Å²) in [4.78, 5) is 11.9. The highest BCUT2D eigenvalue weighted by atomic mass is 16.3. The van der Waals surface area contributed by atoms with Crippen LogP contribution in [-0.4, -0.2) is 23.2 Å². The molecule has 0 aromatic heterocycles. The number of benzene rings is 1. The van der Waals surface area contributed by atoms with Crippen molar-refractivity contribution in [2.45, 2.75) is 33.2 Å². The molecule has 0 aliphatic rings. The van der Waals surface area contributed by atoms with Gasteiger partial charge in [0.1, 0.15) is 0 Å². The van der Waals surface area contributed by atoms with Crippen molar-refractivity contribution in [3.8, 4) is 0 Å². The molecule has 2 N–H and O–H groups in total. The number of carbonyl (C=O) groups excluding carboxylic acids is 1. The average Bonchev–Trinajstić information content (AvgIpc) is 2.31. The largest absolute Gasteiger partial charge is 0.394 e. The van der Waals surface area contributed by atoms with Crippen LogP contribution in [-0.2, 0) is 4.79 Å². The molecule has 0 radical (unpaired) electrons. The molecule has 0 aliphatic carbocycles. The maximum Gasteiger partial charge on any atom is 0.247 e. The summed E-state index contributed by atoms with van der Waals surface area (Å²) in [6.45, 7) is 7.27. The van der Waals surface area contributed by atoms with Gasteiger partial charge in [-0.15, -0.1) is 0 Å². The van der Waals surface area contributed by atoms with Crippen molar-refractivity contribution in [2.75, 3.05) is 6.61 Å². The fourth-order valence-corrected chi connectivity index (χ4v) is 1.42. The van der Waals surface area contributed by atoms with Crippen LogP contribution in [0.4, 0.5) is 0 Å². The summed E-state index contributed by atoms with van der Waals surface area (Å²) in [5, 5.41) is 11.9. The van der Waals surface area contributed by atoms with Crippen molar-refractivity contribution in [1.29, 1.82) is 0 Å². The maximum absolute atomic E-state index is 11.9. The van der Waals surface area contributed by atoms with Crippen molar-refractivity contribution in [1.82, 2.24) is 5.32 Å². The van der Waals surface area contributed by atoms with Gasteiger partial charge in [-0.3, -0.25) is 4.79 Å². The van der Waals surface area contributed by atoms with Gasteiger partial charge in [0.25, 0.3) is 0 Å². The summed E-state index contributed by atoms with van der Waals surface area (Å²) in [6, 6.07) is 7.97. The second-order valence-corrected chi connectivity index (χ2v) is 5.23. The predicted molar refractivity (Wildman–Crippen MR) is 74.1 cm³/mol. The molecule has 0 heterocycles. The number of rotatable bonds is 4. The molecule has 18 heavy (non-hydrogen) atoms. The van der Waals surface area contributed by atoms with Crippen molar-refractivity contribution >= 4 is 12.0 Å². The molecule has 0 aliphatic heterocycles. The lowest BCUT2D eigenvalue weighted by molar-refractivity contribution is -0.119. The Bertz CT molecular complexity index is 444. The standard InChI is InChI=1S/C15H21NO2/c1-11-5-7-13(8-6-11)9-12(2)14(18)16-15(3,4)10-17/h5-9,17H,10H2,1-4H3,(H,16,18)/b12-9-. The molecule has 1 aromatic rings. The zero-order chi connectivity index (χ0) is 13.8. The van der Waals surface area contributed by atoms with E-state index in [0.717, 1.165) is 5.56 Å². The summed E-state index contributed by atoms with van der Waals surface area (Å²) in [5.41, 5.74) is 2.21. The van der Waals surface area contributed by atoms with Crippen molar-refractivity contribution in [3.05, 3.63) is 41.0 Å². The molecule has 1 amide bonds. The molecule has 3 heteroatoms. The number of aliphatic hydroxyl groups excluding tert-OH is 1. The first-order chi connectivity index (χ1) is 8.34. The van der Waals surface area contributed by atoms with E-state index in [0.29, 0.717) is 5.57 Å². The minimum atomic E-state index is -0.598. The quantitative estimate of drug-likeness (QED) is 0.802. The first-order valence-electron chi connectivity index (χ1n) is 6.02. The Morgan fingerprint density at radius 1 is 1.33 bits per heavy atom. The zero-order valence-corrected chi connectivity index (χ0v) is 11.4. The number of nitrogens with one attached hydrogen (secondary N) is 1. The molecule has 1 aromatic carbocycles. The van der Waals surface area contributed by atoms with E-state index in [2.05, 4.69) is 5.32 Å². The van der Waals surface area contributed by atoms with Crippen LogP contribution >= 0.6 is 0 Å². The Kier molecular flexibility index (Phi) is 4.68. The number of hydrogen-bond acceptors (Lipinski definition) is 2. The van der Waals surface area contributed by atoms with Crippen molar-refractivity contribution in [2.24, 2.45) is 0 Å². The first-order valence-corrected chi connectivity index (χ1v) is 6.02. The molecule has 0 fully saturated rings. The van der Waals surface area contributed by atoms with Crippen LogP contribution < -0.4 is 5.32 Å². The van der Waals surface area contributed by atoms with E-state index < -0.39 is 5.54 Å². The average molecular weight is 247 g/mol. The van der Waals surface area contributed by atoms with Gasteiger partial charge in [0.15, 0.2) is 0 Å². The van der Waals surface area contributed by atoms with Gasteiger partial charge in [-0.25, -0.2) is 0 Å². The SMILES string of the molecule is C/C(=C/c1ccc(C)cc1)C(=O)NC(C)(C)CO. The third-order valence-electron chi connectivity index (χ3n) is 2.67. The highest BCUT2D eigenvalue weighted by Gasteiger charge is 2.19. The van der Waals surface area contributed by atoms with Crippen molar-refractivity contribution in [3.63, 3.8) is 0 Å². The second-order valence-electron chi connectivity index (χ2n) is 5.23. The van der Waals surface area contributed by atoms with E-state index >= 15 is 0 Å². The van der Waals surface area contributed by atoms with Gasteiger partial charge in [-0.1, -0.05) is 29.8 Å². The molecule has 1 rings (SSSR count). The molecular formula is C15H21NO2. The van der Waals surface area contributed by atoms with Gasteiger partial charge in [0.2, 0.25) is 5.91 Å². The van der Waals surface area contributed by atoms with Crippen LogP contribution in [0.15, 0.2) is 29.8 Å². The van der Waals surface area contributed by atoms with Crippen LogP contribution in [0.25, 0.3) is 6.08 Å². The summed E-state index contributed by atoms with van der Waals surface area (Å²) in [6.07, 6.45) is 1.84. The second kappa shape index (κ2) is 5.83. The van der Waals surface area contributed by atoms with Crippen molar-refractivity contribution < 1.29 is 9.90 Å². The lowest BCUT2D eigenvalue weighted by atomic mass is 10.1. The van der Waals surface area contributed by atoms with Gasteiger partial charge < -0.3 is 10.4 Å². The maximum atomic E-state index is 11.9. The summed E-state index contributed by atoms with van der Waals surface area (Å²) < 4.78 is 0. The Labute approximate surface area is 109 Å². The van der Waals surface area contributed by atoms with E-state index in [-0.39, 0.29) is 12.5 Å². The van der Waals surface area contributed by atoms with Gasteiger partial charge in [-0.05, 0) is 39.3 Å². The highest BCUT2D eigenvalue weighted by molar-refractivity contribution is 5.97. The predicted octanol–water partition coefficient (Wildman–Crippen LogP) is 2.29. The van der Waals surface area contributed by atoms with Crippen LogP contribution in [0.2, 0.25) is 0 Å². The Hall–Kier alpha value is -1.61. The van der Waals surface area contributed by atoms with E-state index in [1.54, 1.807) is 20.8 Å². The summed E-state index contributed by atoms with van der Waals surface area (Å²) in [5.74, 6) is -0.158. The normalized spacial score (nSPS) is 12.4. The smallest absolute Gasteiger partial charge is 0.247 e. The molecule has 0 unspecified atom stereocenters. The van der Waals surface area contributed by atoms with E-state index in [1.807, 2.05) is 37.3 Å². The zero-order valence-electron chi connectivity index (χ0n) is 11.4. The minimum absolute atomic E-state index is 0.0868. The molecule has 0 saturated heterocycles. The number of aryl methyl sites for hydroxylation is 1. The number of hydrogen-bond donors (Lipinski definition) is 2. The fraction of sp³-hybridized carbons (Fsp3) is 0.400. The molecular weight excluding hydrogens is 226 g/mol. The Balaban J connectivity index is 2.77. The minimum Gasteiger partial charge on any atom is -0.394 e. The van der Waals surface area contributed by atoms with Gasteiger partial charge >= 0.3 is 0 Å². The lowest BCUT2D eigenvalue weighted by Crippen LogP contribution is -2.46. The fourth-order valence-electron chi connectivity index (χ4n) is 1.42. The third-order valence-corrected chi connectivity index (χ3v) is 2.67. The monoisotopic (exact) mass is 247 g/mol. The Morgan fingerprint density at radius 2 is 1.89 bits per heavy atom. The first kappa shape index (κ1) is 14.5. The number of aliphatic hydroxyl groups is 1. The molecule has 0 saturated carbocycles. The van der Waals surface area contributed by atoms with Crippen LogP contribution in [0, 0.1) is 6.92 Å². The summed E-state index contributed by atoms with van der Waals surface area (Å²) in [7, 11) is 0. The van der Waals surface area contributed by atoms with Gasteiger partial charge in [0, 0.05) is 5.57 Å². The lowest BCUT2D eigenvalue weighted by Gasteiger charge is -2.23. The molecule has 3 nitrogen and oxygen atoms in total. The van der Waals surface area contributed by atoms with Crippen LogP contribution in [0.3, 0.4) is 0 Å². The van der Waals surface area contributed by atoms with E-state index in [1.165, 1.54) is 5.56 Å². The van der Waals surface area contributed by atoms with Crippen LogP contribution in [0.5, 0.6) is 0 Å².